The molecule has 3 heteroatoms. The van der Waals surface area contributed by atoms with Crippen LogP contribution in [-0.4, -0.2) is 12.5 Å². The quantitative estimate of drug-likeness (QED) is 0.907. The zero-order valence-corrected chi connectivity index (χ0v) is 11.7. The van der Waals surface area contributed by atoms with Gasteiger partial charge in [0.25, 0.3) is 5.91 Å². The van der Waals surface area contributed by atoms with Gasteiger partial charge in [0.1, 0.15) is 5.82 Å². The van der Waals surface area contributed by atoms with Crippen LogP contribution in [0.1, 0.15) is 27.0 Å². The van der Waals surface area contributed by atoms with Crippen LogP contribution < -0.4 is 5.32 Å². The van der Waals surface area contributed by atoms with E-state index < -0.39 is 0 Å². The van der Waals surface area contributed by atoms with Crippen molar-refractivity contribution in [1.29, 1.82) is 0 Å². The average Bonchev–Trinajstić information content (AvgIpc) is 2.44. The Hall–Kier alpha value is -2.16. The minimum atomic E-state index is -0.290. The van der Waals surface area contributed by atoms with Crippen molar-refractivity contribution in [2.75, 3.05) is 6.54 Å². The van der Waals surface area contributed by atoms with E-state index in [9.17, 15) is 9.18 Å². The van der Waals surface area contributed by atoms with E-state index >= 15 is 0 Å². The van der Waals surface area contributed by atoms with Gasteiger partial charge in [-0.05, 0) is 55.2 Å². The fourth-order valence-electron chi connectivity index (χ4n) is 2.09. The molecule has 0 spiro atoms. The third kappa shape index (κ3) is 3.44. The highest BCUT2D eigenvalue weighted by Crippen LogP contribution is 2.10. The molecule has 0 bridgehead atoms. The normalized spacial score (nSPS) is 10.3. The van der Waals surface area contributed by atoms with Crippen molar-refractivity contribution in [2.24, 2.45) is 0 Å². The van der Waals surface area contributed by atoms with E-state index in [1.807, 2.05) is 12.1 Å². The summed E-state index contributed by atoms with van der Waals surface area (Å²) < 4.78 is 13.1. The lowest BCUT2D eigenvalue weighted by atomic mass is 10.1. The molecule has 20 heavy (non-hydrogen) atoms. The van der Waals surface area contributed by atoms with Gasteiger partial charge in [0.15, 0.2) is 0 Å². The number of carbonyl (C=O) groups is 1. The zero-order valence-electron chi connectivity index (χ0n) is 11.7. The summed E-state index contributed by atoms with van der Waals surface area (Å²) in [6.07, 6.45) is 0.790. The lowest BCUT2D eigenvalue weighted by molar-refractivity contribution is 0.0954. The second-order valence-electron chi connectivity index (χ2n) is 4.90. The first kappa shape index (κ1) is 14.3. The minimum Gasteiger partial charge on any atom is -0.352 e. The minimum absolute atomic E-state index is 0.165. The fraction of sp³-hybridized carbons (Fsp3) is 0.235. The number of rotatable bonds is 4. The predicted octanol–water partition coefficient (Wildman–Crippen LogP) is 3.42. The molecule has 2 rings (SSSR count). The van der Waals surface area contributed by atoms with Gasteiger partial charge in [-0.3, -0.25) is 4.79 Å². The predicted molar refractivity (Wildman–Crippen MR) is 78.4 cm³/mol. The molecule has 0 unspecified atom stereocenters. The Morgan fingerprint density at radius 1 is 1.10 bits per heavy atom. The Morgan fingerprint density at radius 2 is 1.85 bits per heavy atom. The number of nitrogens with one attached hydrogen (secondary N) is 1. The molecule has 2 nitrogen and oxygen atoms in total. The van der Waals surface area contributed by atoms with Crippen molar-refractivity contribution in [3.63, 3.8) is 0 Å². The molecule has 0 atom stereocenters. The van der Waals surface area contributed by atoms with E-state index in [1.165, 1.54) is 23.3 Å². The molecular weight excluding hydrogens is 253 g/mol. The number of carbonyl (C=O) groups excluding carboxylic acids is 1. The van der Waals surface area contributed by atoms with Crippen LogP contribution in [0, 0.1) is 19.7 Å². The second kappa shape index (κ2) is 6.33. The van der Waals surface area contributed by atoms with E-state index in [-0.39, 0.29) is 11.7 Å². The third-order valence-electron chi connectivity index (χ3n) is 3.36. The Balaban J connectivity index is 1.92. The van der Waals surface area contributed by atoms with Crippen molar-refractivity contribution < 1.29 is 9.18 Å². The fourth-order valence-corrected chi connectivity index (χ4v) is 2.09. The summed E-state index contributed by atoms with van der Waals surface area (Å²) in [6.45, 7) is 4.28. The Labute approximate surface area is 118 Å². The van der Waals surface area contributed by atoms with E-state index in [2.05, 4.69) is 24.4 Å². The van der Waals surface area contributed by atoms with Gasteiger partial charge in [0.2, 0.25) is 0 Å². The largest absolute Gasteiger partial charge is 0.352 e. The van der Waals surface area contributed by atoms with Gasteiger partial charge < -0.3 is 5.32 Å². The lowest BCUT2D eigenvalue weighted by Crippen LogP contribution is -2.26. The first-order chi connectivity index (χ1) is 9.58. The summed E-state index contributed by atoms with van der Waals surface area (Å²) in [5, 5.41) is 2.86. The summed E-state index contributed by atoms with van der Waals surface area (Å²) in [5.41, 5.74) is 3.42. The molecule has 0 saturated carbocycles. The van der Waals surface area contributed by atoms with E-state index in [1.54, 1.807) is 13.0 Å². The van der Waals surface area contributed by atoms with E-state index in [4.69, 9.17) is 0 Å². The zero-order chi connectivity index (χ0) is 14.5. The average molecular weight is 271 g/mol. The summed E-state index contributed by atoms with van der Waals surface area (Å²) in [7, 11) is 0. The molecule has 0 aromatic heterocycles. The first-order valence-corrected chi connectivity index (χ1v) is 6.67. The molecular formula is C17H18FNO. The topological polar surface area (TPSA) is 29.1 Å². The summed E-state index contributed by atoms with van der Waals surface area (Å²) >= 11 is 0. The van der Waals surface area contributed by atoms with Gasteiger partial charge in [0, 0.05) is 12.1 Å². The van der Waals surface area contributed by atoms with Crippen LogP contribution in [0.3, 0.4) is 0 Å². The summed E-state index contributed by atoms with van der Waals surface area (Å²) in [6, 6.07) is 12.5. The number of amides is 1. The maximum absolute atomic E-state index is 13.1. The van der Waals surface area contributed by atoms with Crippen LogP contribution in [0.15, 0.2) is 42.5 Å². The molecule has 0 radical (unpaired) electrons. The molecule has 0 saturated heterocycles. The monoisotopic (exact) mass is 271 g/mol. The van der Waals surface area contributed by atoms with Crippen molar-refractivity contribution in [2.45, 2.75) is 20.3 Å². The van der Waals surface area contributed by atoms with E-state index in [0.29, 0.717) is 17.7 Å². The Bertz CT molecular complexity index is 622. The van der Waals surface area contributed by atoms with Crippen molar-refractivity contribution in [1.82, 2.24) is 5.32 Å². The van der Waals surface area contributed by atoms with Crippen LogP contribution in [0.5, 0.6) is 0 Å². The number of benzene rings is 2. The number of hydrogen-bond acceptors (Lipinski definition) is 1. The molecule has 0 aliphatic rings. The van der Waals surface area contributed by atoms with Gasteiger partial charge in [-0.1, -0.05) is 24.3 Å². The Morgan fingerprint density at radius 3 is 2.55 bits per heavy atom. The molecule has 104 valence electrons. The van der Waals surface area contributed by atoms with Gasteiger partial charge >= 0.3 is 0 Å². The van der Waals surface area contributed by atoms with Gasteiger partial charge in [-0.2, -0.15) is 0 Å². The molecule has 1 amide bonds. The molecule has 2 aromatic rings. The molecule has 0 heterocycles. The van der Waals surface area contributed by atoms with E-state index in [0.717, 1.165) is 6.42 Å². The Kier molecular flexibility index (Phi) is 4.51. The maximum atomic E-state index is 13.1. The van der Waals surface area contributed by atoms with Crippen molar-refractivity contribution in [3.8, 4) is 0 Å². The number of halogens is 1. The standard InChI is InChI=1S/C17H18FNO/c1-12-5-3-4-6-14(12)9-10-19-17(20)15-7-8-16(18)13(2)11-15/h3-8,11H,9-10H2,1-2H3,(H,19,20). The van der Waals surface area contributed by atoms with Crippen LogP contribution in [0.25, 0.3) is 0 Å². The molecule has 0 aliphatic heterocycles. The lowest BCUT2D eigenvalue weighted by Gasteiger charge is -2.08. The third-order valence-corrected chi connectivity index (χ3v) is 3.36. The number of hydrogen-bond donors (Lipinski definition) is 1. The highest BCUT2D eigenvalue weighted by Gasteiger charge is 2.07. The molecule has 0 aliphatic carbocycles. The van der Waals surface area contributed by atoms with Gasteiger partial charge in [-0.25, -0.2) is 4.39 Å². The van der Waals surface area contributed by atoms with Crippen LogP contribution in [-0.2, 0) is 6.42 Å². The smallest absolute Gasteiger partial charge is 0.251 e. The second-order valence-corrected chi connectivity index (χ2v) is 4.90. The van der Waals surface area contributed by atoms with Crippen LogP contribution in [0.4, 0.5) is 4.39 Å². The van der Waals surface area contributed by atoms with Gasteiger partial charge in [-0.15, -0.1) is 0 Å². The SMILES string of the molecule is Cc1cc(C(=O)NCCc2ccccc2C)ccc1F. The molecule has 2 aromatic carbocycles. The van der Waals surface area contributed by atoms with Crippen molar-refractivity contribution >= 4 is 5.91 Å². The first-order valence-electron chi connectivity index (χ1n) is 6.67. The van der Waals surface area contributed by atoms with Crippen LogP contribution >= 0.6 is 0 Å². The highest BCUT2D eigenvalue weighted by atomic mass is 19.1. The highest BCUT2D eigenvalue weighted by molar-refractivity contribution is 5.94. The molecule has 1 N–H and O–H groups in total. The van der Waals surface area contributed by atoms with Gasteiger partial charge in [0.05, 0.1) is 0 Å². The summed E-state index contributed by atoms with van der Waals surface area (Å²) in [5.74, 6) is -0.455. The van der Waals surface area contributed by atoms with Crippen LogP contribution in [0.2, 0.25) is 0 Å². The number of aryl methyl sites for hydroxylation is 2. The summed E-state index contributed by atoms with van der Waals surface area (Å²) in [4.78, 5) is 11.9. The van der Waals surface area contributed by atoms with Crippen molar-refractivity contribution in [3.05, 3.63) is 70.5 Å². The maximum Gasteiger partial charge on any atom is 0.251 e. The molecule has 0 fully saturated rings.